The molecule has 136 valence electrons. The lowest BCUT2D eigenvalue weighted by molar-refractivity contribution is 0.0718. The number of phenolic OH excluding ortho intramolecular Hbond substituents is 1. The quantitative estimate of drug-likeness (QED) is 0.904. The minimum Gasteiger partial charge on any atom is -0.508 e. The van der Waals surface area contributed by atoms with Gasteiger partial charge in [0.2, 0.25) is 0 Å². The fraction of sp³-hybridized carbons (Fsp3) is 0.333. The molecule has 2 aromatic rings. The average molecular weight is 352 g/mol. The van der Waals surface area contributed by atoms with Crippen LogP contribution in [0.5, 0.6) is 5.75 Å². The molecule has 0 radical (unpaired) electrons. The molecule has 1 N–H and O–H groups in total. The Morgan fingerprint density at radius 1 is 0.808 bits per heavy atom. The van der Waals surface area contributed by atoms with Crippen LogP contribution in [0.3, 0.4) is 0 Å². The molecule has 0 atom stereocenters. The highest BCUT2D eigenvalue weighted by Gasteiger charge is 2.23. The monoisotopic (exact) mass is 352 g/mol. The largest absolute Gasteiger partial charge is 0.508 e. The molecule has 5 heteroatoms. The summed E-state index contributed by atoms with van der Waals surface area (Å²) in [5.41, 5.74) is 3.44. The zero-order valence-electron chi connectivity index (χ0n) is 15.2. The molecule has 1 aliphatic heterocycles. The van der Waals surface area contributed by atoms with Gasteiger partial charge in [-0.1, -0.05) is 12.1 Å². The minimum absolute atomic E-state index is 0.0137. The van der Waals surface area contributed by atoms with Crippen LogP contribution < -0.4 is 0 Å². The Morgan fingerprint density at radius 3 is 2.00 bits per heavy atom. The molecule has 0 aromatic heterocycles. The molecule has 3 rings (SSSR count). The summed E-state index contributed by atoms with van der Waals surface area (Å²) in [5, 5.41) is 9.58. The summed E-state index contributed by atoms with van der Waals surface area (Å²) < 4.78 is 0. The molecule has 0 saturated carbocycles. The molecule has 5 nitrogen and oxygen atoms in total. The first-order chi connectivity index (χ1) is 12.5. The molecule has 26 heavy (non-hydrogen) atoms. The number of nitrogens with zero attached hydrogens (tertiary/aromatic N) is 2. The Labute approximate surface area is 153 Å². The van der Waals surface area contributed by atoms with Gasteiger partial charge in [0.1, 0.15) is 5.75 Å². The van der Waals surface area contributed by atoms with Gasteiger partial charge in [0.15, 0.2) is 0 Å². The summed E-state index contributed by atoms with van der Waals surface area (Å²) in [6.07, 6.45) is 0.737. The van der Waals surface area contributed by atoms with Gasteiger partial charge in [0.25, 0.3) is 11.8 Å². The topological polar surface area (TPSA) is 60.9 Å². The van der Waals surface area contributed by atoms with E-state index in [0.29, 0.717) is 37.3 Å². The number of amides is 2. The third kappa shape index (κ3) is 3.87. The van der Waals surface area contributed by atoms with Gasteiger partial charge in [-0.3, -0.25) is 9.59 Å². The predicted octanol–water partition coefficient (Wildman–Crippen LogP) is 3.00. The Morgan fingerprint density at radius 2 is 1.42 bits per heavy atom. The van der Waals surface area contributed by atoms with Crippen LogP contribution in [0.15, 0.2) is 42.5 Å². The Balaban J connectivity index is 1.68. The average Bonchev–Trinajstić information content (AvgIpc) is 2.89. The number of aryl methyl sites for hydroxylation is 2. The van der Waals surface area contributed by atoms with E-state index in [1.54, 1.807) is 23.1 Å². The normalized spacial score (nSPS) is 14.8. The van der Waals surface area contributed by atoms with E-state index in [9.17, 15) is 14.7 Å². The summed E-state index contributed by atoms with van der Waals surface area (Å²) >= 11 is 0. The zero-order valence-corrected chi connectivity index (χ0v) is 15.2. The first kappa shape index (κ1) is 18.0. The fourth-order valence-corrected chi connectivity index (χ4v) is 3.20. The maximum atomic E-state index is 12.8. The van der Waals surface area contributed by atoms with Gasteiger partial charge in [0, 0.05) is 37.3 Å². The maximum absolute atomic E-state index is 12.8. The Kier molecular flexibility index (Phi) is 5.26. The van der Waals surface area contributed by atoms with Gasteiger partial charge in [0.05, 0.1) is 0 Å². The van der Waals surface area contributed by atoms with Crippen molar-refractivity contribution in [3.63, 3.8) is 0 Å². The summed E-state index contributed by atoms with van der Waals surface area (Å²) in [4.78, 5) is 29.0. The molecule has 0 unspecified atom stereocenters. The predicted molar refractivity (Wildman–Crippen MR) is 100 cm³/mol. The van der Waals surface area contributed by atoms with Crippen LogP contribution in [-0.2, 0) is 0 Å². The molecule has 0 aliphatic carbocycles. The second-order valence-electron chi connectivity index (χ2n) is 6.79. The van der Waals surface area contributed by atoms with Crippen LogP contribution in [-0.4, -0.2) is 52.9 Å². The Hall–Kier alpha value is -2.82. The number of carbonyl (C=O) groups is 2. The molecule has 0 bridgehead atoms. The van der Waals surface area contributed by atoms with E-state index in [2.05, 4.69) is 0 Å². The zero-order chi connectivity index (χ0) is 18.7. The standard InChI is InChI=1S/C21H24N2O3/c1-15-7-8-18(13-16(15)2)21(26)23-10-4-9-22(11-12-23)20(25)17-5-3-6-19(24)14-17/h3,5-8,13-14,24H,4,9-12H2,1-2H3. The number of aromatic hydroxyl groups is 1. The lowest BCUT2D eigenvalue weighted by Gasteiger charge is -2.22. The highest BCUT2D eigenvalue weighted by atomic mass is 16.3. The van der Waals surface area contributed by atoms with Crippen molar-refractivity contribution in [2.75, 3.05) is 26.2 Å². The third-order valence-corrected chi connectivity index (χ3v) is 4.92. The number of carbonyl (C=O) groups excluding carboxylic acids is 2. The lowest BCUT2D eigenvalue weighted by atomic mass is 10.1. The summed E-state index contributed by atoms with van der Waals surface area (Å²) in [7, 11) is 0. The molecule has 2 amide bonds. The van der Waals surface area contributed by atoms with E-state index in [0.717, 1.165) is 12.0 Å². The molecule has 1 saturated heterocycles. The van der Waals surface area contributed by atoms with Crippen LogP contribution in [0.25, 0.3) is 0 Å². The lowest BCUT2D eigenvalue weighted by Crippen LogP contribution is -2.37. The molecular weight excluding hydrogens is 328 g/mol. The molecule has 0 spiro atoms. The van der Waals surface area contributed by atoms with Crippen LogP contribution >= 0.6 is 0 Å². The van der Waals surface area contributed by atoms with Crippen molar-refractivity contribution < 1.29 is 14.7 Å². The van der Waals surface area contributed by atoms with Gasteiger partial charge in [-0.05, 0) is 61.7 Å². The smallest absolute Gasteiger partial charge is 0.254 e. The van der Waals surface area contributed by atoms with Crippen molar-refractivity contribution >= 4 is 11.8 Å². The SMILES string of the molecule is Cc1ccc(C(=O)N2CCCN(C(=O)c3cccc(O)c3)CC2)cc1C. The van der Waals surface area contributed by atoms with Crippen LogP contribution in [0, 0.1) is 13.8 Å². The van der Waals surface area contributed by atoms with Crippen molar-refractivity contribution in [1.82, 2.24) is 9.80 Å². The van der Waals surface area contributed by atoms with Crippen molar-refractivity contribution in [3.8, 4) is 5.75 Å². The van der Waals surface area contributed by atoms with Gasteiger partial charge in [-0.2, -0.15) is 0 Å². The second kappa shape index (κ2) is 7.60. The van der Waals surface area contributed by atoms with E-state index < -0.39 is 0 Å². The van der Waals surface area contributed by atoms with E-state index in [1.165, 1.54) is 11.6 Å². The van der Waals surface area contributed by atoms with E-state index in [4.69, 9.17) is 0 Å². The van der Waals surface area contributed by atoms with Crippen molar-refractivity contribution in [2.45, 2.75) is 20.3 Å². The van der Waals surface area contributed by atoms with Crippen molar-refractivity contribution in [2.24, 2.45) is 0 Å². The maximum Gasteiger partial charge on any atom is 0.254 e. The summed E-state index contributed by atoms with van der Waals surface area (Å²) in [5.74, 6) is -0.0154. The van der Waals surface area contributed by atoms with Crippen LogP contribution in [0.1, 0.15) is 38.3 Å². The van der Waals surface area contributed by atoms with Gasteiger partial charge >= 0.3 is 0 Å². The van der Waals surface area contributed by atoms with E-state index in [-0.39, 0.29) is 17.6 Å². The van der Waals surface area contributed by atoms with Crippen molar-refractivity contribution in [3.05, 3.63) is 64.7 Å². The highest BCUT2D eigenvalue weighted by Crippen LogP contribution is 2.16. The van der Waals surface area contributed by atoms with E-state index in [1.807, 2.05) is 36.9 Å². The molecule has 1 fully saturated rings. The fourth-order valence-electron chi connectivity index (χ4n) is 3.20. The van der Waals surface area contributed by atoms with Gasteiger partial charge < -0.3 is 14.9 Å². The number of benzene rings is 2. The molecule has 1 heterocycles. The Bertz CT molecular complexity index is 832. The van der Waals surface area contributed by atoms with E-state index >= 15 is 0 Å². The number of rotatable bonds is 2. The molecule has 1 aliphatic rings. The number of hydrogen-bond donors (Lipinski definition) is 1. The number of phenols is 1. The highest BCUT2D eigenvalue weighted by molar-refractivity contribution is 5.95. The van der Waals surface area contributed by atoms with Gasteiger partial charge in [-0.25, -0.2) is 0 Å². The minimum atomic E-state index is -0.110. The van der Waals surface area contributed by atoms with Gasteiger partial charge in [-0.15, -0.1) is 0 Å². The summed E-state index contributed by atoms with van der Waals surface area (Å²) in [6.45, 7) is 6.27. The van der Waals surface area contributed by atoms with Crippen LogP contribution in [0.2, 0.25) is 0 Å². The first-order valence-corrected chi connectivity index (χ1v) is 8.90. The molecule has 2 aromatic carbocycles. The number of hydrogen-bond acceptors (Lipinski definition) is 3. The molecular formula is C21H24N2O3. The summed E-state index contributed by atoms with van der Waals surface area (Å²) in [6, 6.07) is 12.1. The third-order valence-electron chi connectivity index (χ3n) is 4.92. The van der Waals surface area contributed by atoms with Crippen molar-refractivity contribution in [1.29, 1.82) is 0 Å². The second-order valence-corrected chi connectivity index (χ2v) is 6.79. The first-order valence-electron chi connectivity index (χ1n) is 8.90. The van der Waals surface area contributed by atoms with Crippen LogP contribution in [0.4, 0.5) is 0 Å².